The van der Waals surface area contributed by atoms with Crippen molar-refractivity contribution in [1.29, 1.82) is 0 Å². The summed E-state index contributed by atoms with van der Waals surface area (Å²) in [6, 6.07) is 5.71. The van der Waals surface area contributed by atoms with Crippen molar-refractivity contribution in [3.05, 3.63) is 45.5 Å². The highest BCUT2D eigenvalue weighted by Gasteiger charge is 2.14. The number of nitro benzene ring substituents is 1. The van der Waals surface area contributed by atoms with Crippen molar-refractivity contribution < 1.29 is 14.5 Å². The van der Waals surface area contributed by atoms with Crippen LogP contribution in [-0.2, 0) is 9.59 Å². The van der Waals surface area contributed by atoms with Gasteiger partial charge in [0, 0.05) is 25.1 Å². The number of carbonyl (C=O) groups is 2. The molecule has 0 unspecified atom stereocenters. The van der Waals surface area contributed by atoms with E-state index in [1.165, 1.54) is 37.3 Å². The van der Waals surface area contributed by atoms with Gasteiger partial charge in [-0.1, -0.05) is 0 Å². The van der Waals surface area contributed by atoms with Gasteiger partial charge in [-0.25, -0.2) is 0 Å². The molecule has 0 bridgehead atoms. The largest absolute Gasteiger partial charge is 0.309 e. The Morgan fingerprint density at radius 3 is 2.24 bits per heavy atom. The number of rotatable bonds is 7. The van der Waals surface area contributed by atoms with Gasteiger partial charge >= 0.3 is 0 Å². The Morgan fingerprint density at radius 1 is 1.24 bits per heavy atom. The fourth-order valence-electron chi connectivity index (χ4n) is 1.70. The van der Waals surface area contributed by atoms with E-state index in [1.54, 1.807) is 0 Å². The third-order valence-corrected chi connectivity index (χ3v) is 2.88. The van der Waals surface area contributed by atoms with E-state index in [2.05, 4.69) is 0 Å². The van der Waals surface area contributed by atoms with Gasteiger partial charge < -0.3 is 4.90 Å². The van der Waals surface area contributed by atoms with Gasteiger partial charge in [0.15, 0.2) is 11.6 Å². The Kier molecular flexibility index (Phi) is 5.92. The molecule has 0 aliphatic carbocycles. The molecule has 1 aromatic rings. The number of Topliss-reactive ketones (excluding diaryl/α,β-unsaturated/α-hetero) is 2. The van der Waals surface area contributed by atoms with Gasteiger partial charge in [-0.05, 0) is 44.8 Å². The van der Waals surface area contributed by atoms with E-state index in [1.807, 2.05) is 19.0 Å². The summed E-state index contributed by atoms with van der Waals surface area (Å²) in [5.41, 5.74) is 0.671. The lowest BCUT2D eigenvalue weighted by atomic mass is 10.0. The number of benzene rings is 1. The fraction of sp³-hybridized carbons (Fsp3) is 0.333. The predicted octanol–water partition coefficient (Wildman–Crippen LogP) is 2.09. The number of hydrogen-bond donors (Lipinski definition) is 0. The molecular formula is C15H18N2O4. The van der Waals surface area contributed by atoms with E-state index in [4.69, 9.17) is 0 Å². The minimum atomic E-state index is -0.498. The number of carbonyl (C=O) groups excluding carboxylic acids is 2. The van der Waals surface area contributed by atoms with Gasteiger partial charge in [-0.3, -0.25) is 19.7 Å². The highest BCUT2D eigenvalue weighted by molar-refractivity contribution is 6.22. The van der Waals surface area contributed by atoms with Crippen LogP contribution in [0.2, 0.25) is 0 Å². The van der Waals surface area contributed by atoms with E-state index in [0.717, 1.165) is 0 Å². The molecule has 112 valence electrons. The first kappa shape index (κ1) is 16.7. The molecule has 0 atom stereocenters. The number of hydrogen-bond acceptors (Lipinski definition) is 5. The molecule has 0 heterocycles. The molecule has 0 amide bonds. The van der Waals surface area contributed by atoms with Gasteiger partial charge in [0.1, 0.15) is 0 Å². The maximum Gasteiger partial charge on any atom is 0.269 e. The molecule has 1 rings (SSSR count). The summed E-state index contributed by atoms with van der Waals surface area (Å²) >= 11 is 0. The first-order chi connectivity index (χ1) is 9.81. The minimum Gasteiger partial charge on any atom is -0.309 e. The average molecular weight is 290 g/mol. The van der Waals surface area contributed by atoms with Crippen LogP contribution in [0.25, 0.3) is 6.08 Å². The van der Waals surface area contributed by atoms with Crippen LogP contribution in [0.15, 0.2) is 29.8 Å². The lowest BCUT2D eigenvalue weighted by Gasteiger charge is -2.09. The normalized spacial score (nSPS) is 11.5. The molecule has 0 saturated carbocycles. The lowest BCUT2D eigenvalue weighted by molar-refractivity contribution is -0.384. The number of non-ortho nitro benzene ring substituents is 1. The van der Waals surface area contributed by atoms with Gasteiger partial charge in [-0.2, -0.15) is 0 Å². The standard InChI is InChI=1S/C15H18N2O4/c1-11(18)14(15(19)8-9-16(2)3)10-12-4-6-13(7-5-12)17(20)21/h4-7,10H,8-9H2,1-3H3/b14-10-. The van der Waals surface area contributed by atoms with E-state index in [0.29, 0.717) is 12.1 Å². The SMILES string of the molecule is CC(=O)/C(=C/c1ccc([N+](=O)[O-])cc1)C(=O)CCN(C)C. The molecular weight excluding hydrogens is 272 g/mol. The second kappa shape index (κ2) is 7.44. The Balaban J connectivity index is 2.96. The van der Waals surface area contributed by atoms with Crippen LogP contribution in [-0.4, -0.2) is 42.0 Å². The van der Waals surface area contributed by atoms with Crippen LogP contribution in [0.4, 0.5) is 5.69 Å². The van der Waals surface area contributed by atoms with E-state index in [-0.39, 0.29) is 29.2 Å². The van der Waals surface area contributed by atoms with Crippen molar-refractivity contribution in [2.45, 2.75) is 13.3 Å². The third-order valence-electron chi connectivity index (χ3n) is 2.88. The summed E-state index contributed by atoms with van der Waals surface area (Å²) in [7, 11) is 3.70. The fourth-order valence-corrected chi connectivity index (χ4v) is 1.70. The average Bonchev–Trinajstić information content (AvgIpc) is 2.42. The molecule has 0 spiro atoms. The van der Waals surface area contributed by atoms with Crippen molar-refractivity contribution in [3.63, 3.8) is 0 Å². The number of ketones is 2. The Morgan fingerprint density at radius 2 is 1.81 bits per heavy atom. The van der Waals surface area contributed by atoms with E-state index >= 15 is 0 Å². The number of allylic oxidation sites excluding steroid dienone is 1. The van der Waals surface area contributed by atoms with Crippen LogP contribution in [0.3, 0.4) is 0 Å². The van der Waals surface area contributed by atoms with Crippen LogP contribution >= 0.6 is 0 Å². The molecule has 0 aliphatic rings. The minimum absolute atomic E-state index is 0.0320. The highest BCUT2D eigenvalue weighted by Crippen LogP contribution is 2.15. The first-order valence-corrected chi connectivity index (χ1v) is 6.46. The van der Waals surface area contributed by atoms with E-state index in [9.17, 15) is 19.7 Å². The molecule has 6 heteroatoms. The monoisotopic (exact) mass is 290 g/mol. The Hall–Kier alpha value is -2.34. The Labute approximate surface area is 123 Å². The maximum atomic E-state index is 12.0. The molecule has 0 radical (unpaired) electrons. The molecule has 6 nitrogen and oxygen atoms in total. The van der Waals surface area contributed by atoms with Crippen molar-refractivity contribution in [2.24, 2.45) is 0 Å². The van der Waals surface area contributed by atoms with Crippen molar-refractivity contribution in [1.82, 2.24) is 4.90 Å². The molecule has 0 N–H and O–H groups in total. The maximum absolute atomic E-state index is 12.0. The molecule has 0 saturated heterocycles. The lowest BCUT2D eigenvalue weighted by Crippen LogP contribution is -2.19. The number of nitro groups is 1. The third kappa shape index (κ3) is 5.27. The van der Waals surface area contributed by atoms with Crippen molar-refractivity contribution in [2.75, 3.05) is 20.6 Å². The van der Waals surface area contributed by atoms with Gasteiger partial charge in [0.25, 0.3) is 5.69 Å². The molecule has 1 aromatic carbocycles. The van der Waals surface area contributed by atoms with Crippen LogP contribution in [0.1, 0.15) is 18.9 Å². The molecule has 0 fully saturated rings. The Bertz CT molecular complexity index is 574. The number of nitrogens with zero attached hydrogens (tertiary/aromatic N) is 2. The summed E-state index contributed by atoms with van der Waals surface area (Å²) < 4.78 is 0. The summed E-state index contributed by atoms with van der Waals surface area (Å²) in [5, 5.41) is 10.6. The van der Waals surface area contributed by atoms with Gasteiger partial charge in [-0.15, -0.1) is 0 Å². The van der Waals surface area contributed by atoms with Crippen LogP contribution in [0.5, 0.6) is 0 Å². The van der Waals surface area contributed by atoms with Gasteiger partial charge in [0.2, 0.25) is 0 Å². The summed E-state index contributed by atoms with van der Waals surface area (Å²) in [6.07, 6.45) is 1.73. The predicted molar refractivity (Wildman–Crippen MR) is 79.9 cm³/mol. The van der Waals surface area contributed by atoms with Crippen LogP contribution in [0, 0.1) is 10.1 Å². The quantitative estimate of drug-likeness (QED) is 0.252. The topological polar surface area (TPSA) is 80.5 Å². The second-order valence-corrected chi connectivity index (χ2v) is 4.94. The zero-order valence-corrected chi connectivity index (χ0v) is 12.3. The molecule has 0 aromatic heterocycles. The summed E-state index contributed by atoms with van der Waals surface area (Å²) in [6.45, 7) is 1.90. The highest BCUT2D eigenvalue weighted by atomic mass is 16.6. The van der Waals surface area contributed by atoms with Gasteiger partial charge in [0.05, 0.1) is 10.5 Å². The summed E-state index contributed by atoms with van der Waals surface area (Å²) in [5.74, 6) is -0.535. The summed E-state index contributed by atoms with van der Waals surface area (Å²) in [4.78, 5) is 35.6. The second-order valence-electron chi connectivity index (χ2n) is 4.94. The zero-order valence-electron chi connectivity index (χ0n) is 12.3. The molecule has 0 aliphatic heterocycles. The van der Waals surface area contributed by atoms with Crippen molar-refractivity contribution >= 4 is 23.3 Å². The van der Waals surface area contributed by atoms with Crippen LogP contribution < -0.4 is 0 Å². The molecule has 21 heavy (non-hydrogen) atoms. The van der Waals surface area contributed by atoms with Crippen molar-refractivity contribution in [3.8, 4) is 0 Å². The first-order valence-electron chi connectivity index (χ1n) is 6.46. The smallest absolute Gasteiger partial charge is 0.269 e. The zero-order chi connectivity index (χ0) is 16.0. The van der Waals surface area contributed by atoms with E-state index < -0.39 is 4.92 Å².